The fourth-order valence-corrected chi connectivity index (χ4v) is 2.67. The van der Waals surface area contributed by atoms with Crippen molar-refractivity contribution in [1.82, 2.24) is 5.32 Å². The molecule has 5 heteroatoms. The summed E-state index contributed by atoms with van der Waals surface area (Å²) in [6, 6.07) is 13.4. The topological polar surface area (TPSA) is 68.5 Å². The van der Waals surface area contributed by atoms with Gasteiger partial charge in [0.15, 0.2) is 0 Å². The molecule has 0 saturated heterocycles. The first-order chi connectivity index (χ1) is 12.5. The standard InChI is InChI=1S/C21H21NO4/c1-14-8-18-17(13-25-19(18)9-15(14)2)10-20(23)22-11-21(24)26-12-16-6-4-3-5-7-16/h3-9,13H,10-12H2,1-2H3,(H,22,23). The predicted octanol–water partition coefficient (Wildman–Crippen LogP) is 3.45. The van der Waals surface area contributed by atoms with Gasteiger partial charge in [-0.1, -0.05) is 30.3 Å². The highest BCUT2D eigenvalue weighted by molar-refractivity contribution is 5.89. The Morgan fingerprint density at radius 1 is 1.08 bits per heavy atom. The SMILES string of the molecule is Cc1cc2occ(CC(=O)NCC(=O)OCc3ccccc3)c2cc1C. The van der Waals surface area contributed by atoms with Crippen molar-refractivity contribution in [3.63, 3.8) is 0 Å². The Morgan fingerprint density at radius 3 is 2.58 bits per heavy atom. The summed E-state index contributed by atoms with van der Waals surface area (Å²) in [6.45, 7) is 4.08. The van der Waals surface area contributed by atoms with Crippen LogP contribution in [0.2, 0.25) is 0 Å². The van der Waals surface area contributed by atoms with E-state index in [2.05, 4.69) is 5.32 Å². The van der Waals surface area contributed by atoms with Gasteiger partial charge in [0, 0.05) is 10.9 Å². The third kappa shape index (κ3) is 4.30. The molecule has 0 saturated carbocycles. The van der Waals surface area contributed by atoms with Crippen LogP contribution in [0, 0.1) is 13.8 Å². The van der Waals surface area contributed by atoms with Crippen molar-refractivity contribution in [3.8, 4) is 0 Å². The van der Waals surface area contributed by atoms with Crippen LogP contribution in [-0.2, 0) is 27.4 Å². The van der Waals surface area contributed by atoms with Crippen molar-refractivity contribution in [2.45, 2.75) is 26.9 Å². The van der Waals surface area contributed by atoms with Gasteiger partial charge in [0.2, 0.25) is 5.91 Å². The summed E-state index contributed by atoms with van der Waals surface area (Å²) in [7, 11) is 0. The highest BCUT2D eigenvalue weighted by Crippen LogP contribution is 2.25. The molecule has 0 radical (unpaired) electrons. The number of hydrogen-bond donors (Lipinski definition) is 1. The minimum Gasteiger partial charge on any atom is -0.464 e. The van der Waals surface area contributed by atoms with Gasteiger partial charge in [-0.2, -0.15) is 0 Å². The smallest absolute Gasteiger partial charge is 0.325 e. The van der Waals surface area contributed by atoms with Crippen LogP contribution >= 0.6 is 0 Å². The molecule has 0 aliphatic carbocycles. The first kappa shape index (κ1) is 17.7. The van der Waals surface area contributed by atoms with E-state index in [1.54, 1.807) is 6.26 Å². The highest BCUT2D eigenvalue weighted by atomic mass is 16.5. The summed E-state index contributed by atoms with van der Waals surface area (Å²) >= 11 is 0. The number of hydrogen-bond acceptors (Lipinski definition) is 4. The van der Waals surface area contributed by atoms with E-state index < -0.39 is 5.97 Å². The zero-order valence-electron chi connectivity index (χ0n) is 14.9. The second-order valence-corrected chi connectivity index (χ2v) is 6.29. The molecule has 1 aromatic heterocycles. The summed E-state index contributed by atoms with van der Waals surface area (Å²) in [6.07, 6.45) is 1.75. The van der Waals surface area contributed by atoms with E-state index in [1.807, 2.05) is 56.3 Å². The highest BCUT2D eigenvalue weighted by Gasteiger charge is 2.13. The molecular formula is C21H21NO4. The number of furan rings is 1. The molecule has 0 unspecified atom stereocenters. The van der Waals surface area contributed by atoms with E-state index in [-0.39, 0.29) is 25.5 Å². The van der Waals surface area contributed by atoms with Gasteiger partial charge in [-0.3, -0.25) is 9.59 Å². The van der Waals surface area contributed by atoms with E-state index in [9.17, 15) is 9.59 Å². The Labute approximate surface area is 152 Å². The third-order valence-electron chi connectivity index (χ3n) is 4.29. The van der Waals surface area contributed by atoms with Gasteiger partial charge in [-0.15, -0.1) is 0 Å². The fourth-order valence-electron chi connectivity index (χ4n) is 2.67. The number of fused-ring (bicyclic) bond motifs is 1. The molecular weight excluding hydrogens is 330 g/mol. The second-order valence-electron chi connectivity index (χ2n) is 6.29. The number of esters is 1. The predicted molar refractivity (Wildman–Crippen MR) is 98.6 cm³/mol. The summed E-state index contributed by atoms with van der Waals surface area (Å²) in [5, 5.41) is 3.52. The summed E-state index contributed by atoms with van der Waals surface area (Å²) in [4.78, 5) is 23.9. The van der Waals surface area contributed by atoms with Crippen LogP contribution in [0.15, 0.2) is 53.1 Å². The largest absolute Gasteiger partial charge is 0.464 e. The van der Waals surface area contributed by atoms with Crippen molar-refractivity contribution in [3.05, 3.63) is 71.0 Å². The maximum Gasteiger partial charge on any atom is 0.325 e. The first-order valence-corrected chi connectivity index (χ1v) is 8.46. The monoisotopic (exact) mass is 351 g/mol. The van der Waals surface area contributed by atoms with Crippen molar-refractivity contribution < 1.29 is 18.7 Å². The van der Waals surface area contributed by atoms with Gasteiger partial charge in [-0.25, -0.2) is 0 Å². The molecule has 0 aliphatic heterocycles. The van der Waals surface area contributed by atoms with E-state index in [0.29, 0.717) is 0 Å². The van der Waals surface area contributed by atoms with Crippen molar-refractivity contribution in [2.75, 3.05) is 6.54 Å². The summed E-state index contributed by atoms with van der Waals surface area (Å²) in [5.74, 6) is -0.715. The molecule has 5 nitrogen and oxygen atoms in total. The number of carbonyl (C=O) groups is 2. The van der Waals surface area contributed by atoms with Crippen LogP contribution in [0.4, 0.5) is 0 Å². The number of amides is 1. The molecule has 2 aromatic carbocycles. The number of nitrogens with one attached hydrogen (secondary N) is 1. The van der Waals surface area contributed by atoms with Crippen molar-refractivity contribution >= 4 is 22.8 Å². The average molecular weight is 351 g/mol. The molecule has 0 fully saturated rings. The number of aryl methyl sites for hydroxylation is 2. The lowest BCUT2D eigenvalue weighted by Gasteiger charge is -2.06. The van der Waals surface area contributed by atoms with E-state index in [1.165, 1.54) is 0 Å². The van der Waals surface area contributed by atoms with E-state index in [4.69, 9.17) is 9.15 Å². The summed E-state index contributed by atoms with van der Waals surface area (Å²) < 4.78 is 10.7. The third-order valence-corrected chi connectivity index (χ3v) is 4.29. The number of rotatable bonds is 6. The van der Waals surface area contributed by atoms with Crippen molar-refractivity contribution in [2.24, 2.45) is 0 Å². The Kier molecular flexibility index (Phi) is 5.37. The quantitative estimate of drug-likeness (QED) is 0.691. The normalized spacial score (nSPS) is 10.7. The molecule has 0 bridgehead atoms. The minimum absolute atomic E-state index is 0.153. The van der Waals surface area contributed by atoms with Gasteiger partial charge in [0.05, 0.1) is 12.7 Å². The minimum atomic E-state index is -0.467. The van der Waals surface area contributed by atoms with Crippen LogP contribution in [0.25, 0.3) is 11.0 Å². The zero-order chi connectivity index (χ0) is 18.5. The molecule has 1 heterocycles. The number of ether oxygens (including phenoxy) is 1. The zero-order valence-corrected chi connectivity index (χ0v) is 14.9. The Balaban J connectivity index is 1.51. The van der Waals surface area contributed by atoms with E-state index in [0.717, 1.165) is 33.2 Å². The molecule has 1 amide bonds. The van der Waals surface area contributed by atoms with Crippen LogP contribution in [0.5, 0.6) is 0 Å². The van der Waals surface area contributed by atoms with Gasteiger partial charge >= 0.3 is 5.97 Å². The van der Waals surface area contributed by atoms with Crippen LogP contribution in [-0.4, -0.2) is 18.4 Å². The van der Waals surface area contributed by atoms with Crippen LogP contribution in [0.3, 0.4) is 0 Å². The number of benzene rings is 2. The first-order valence-electron chi connectivity index (χ1n) is 8.46. The lowest BCUT2D eigenvalue weighted by Crippen LogP contribution is -2.31. The summed E-state index contributed by atoms with van der Waals surface area (Å²) in [5.41, 5.74) is 4.76. The maximum atomic E-state index is 12.1. The Morgan fingerprint density at radius 2 is 1.81 bits per heavy atom. The molecule has 0 aliphatic rings. The van der Waals surface area contributed by atoms with Crippen LogP contribution in [0.1, 0.15) is 22.3 Å². The molecule has 0 atom stereocenters. The Bertz CT molecular complexity index is 928. The number of carbonyl (C=O) groups excluding carboxylic acids is 2. The second kappa shape index (κ2) is 7.87. The average Bonchev–Trinajstić information content (AvgIpc) is 3.01. The van der Waals surface area contributed by atoms with Gasteiger partial charge in [-0.05, 0) is 42.7 Å². The van der Waals surface area contributed by atoms with Crippen LogP contribution < -0.4 is 5.32 Å². The van der Waals surface area contributed by atoms with Gasteiger partial charge in [0.25, 0.3) is 0 Å². The molecule has 0 spiro atoms. The lowest BCUT2D eigenvalue weighted by atomic mass is 10.0. The van der Waals surface area contributed by atoms with Gasteiger partial charge < -0.3 is 14.5 Å². The van der Waals surface area contributed by atoms with E-state index >= 15 is 0 Å². The fraction of sp³-hybridized carbons (Fsp3) is 0.238. The molecule has 1 N–H and O–H groups in total. The molecule has 3 aromatic rings. The maximum absolute atomic E-state index is 12.1. The molecule has 26 heavy (non-hydrogen) atoms. The van der Waals surface area contributed by atoms with Gasteiger partial charge in [0.1, 0.15) is 18.7 Å². The molecule has 3 rings (SSSR count). The Hall–Kier alpha value is -3.08. The lowest BCUT2D eigenvalue weighted by molar-refractivity contribution is -0.145. The van der Waals surface area contributed by atoms with Crippen molar-refractivity contribution in [1.29, 1.82) is 0 Å². The molecule has 134 valence electrons.